The molecule has 5 heterocycles. The van der Waals surface area contributed by atoms with Crippen LogP contribution in [0.4, 0.5) is 5.95 Å². The Kier molecular flexibility index (Phi) is 7.75. The van der Waals surface area contributed by atoms with Crippen molar-refractivity contribution in [3.63, 3.8) is 0 Å². The normalized spacial score (nSPS) is 13.7. The molecule has 12 heteroatoms. The molecule has 0 N–H and O–H groups in total. The summed E-state index contributed by atoms with van der Waals surface area (Å²) in [4.78, 5) is 33.4. The van der Waals surface area contributed by atoms with Crippen molar-refractivity contribution in [1.29, 1.82) is 0 Å². The number of rotatable bonds is 8. The van der Waals surface area contributed by atoms with Crippen LogP contribution < -0.4 is 15.3 Å². The van der Waals surface area contributed by atoms with Crippen LogP contribution in [0.1, 0.15) is 18.4 Å². The molecule has 0 bridgehead atoms. The first-order valence-electron chi connectivity index (χ1n) is 15.3. The molecular weight excluding hydrogens is 614 g/mol. The number of piperidine rings is 1. The van der Waals surface area contributed by atoms with E-state index in [9.17, 15) is 4.79 Å². The number of hydrogen-bond acceptors (Lipinski definition) is 12. The maximum atomic E-state index is 12.7. The fraction of sp³-hybridized carbons (Fsp3) is 0.171. The van der Waals surface area contributed by atoms with Gasteiger partial charge in [-0.15, -0.1) is 10.2 Å². The topological polar surface area (TPSA) is 133 Å². The van der Waals surface area contributed by atoms with Crippen LogP contribution >= 0.6 is 11.8 Å². The third kappa shape index (κ3) is 6.27. The molecule has 0 spiro atoms. The maximum Gasteiger partial charge on any atom is 0.349 e. The predicted octanol–water partition coefficient (Wildman–Crippen LogP) is 6.98. The van der Waals surface area contributed by atoms with Gasteiger partial charge in [-0.1, -0.05) is 66.7 Å². The van der Waals surface area contributed by atoms with Crippen molar-refractivity contribution in [2.45, 2.75) is 29.6 Å². The average molecular weight is 642 g/mol. The standard InChI is InChI=1S/C35H27N7O4S/c43-31-26(21-25-10-4-5-13-27(25)44-31)30-40-41-35(46-30)47-34-38-32(42-18-15-23(16-19-42)20-22-8-2-1-3-9-22)37-33(39-34)45-28-14-6-11-24-12-7-17-36-29(24)28/h1-14,17,21,23H,15-16,18-20H2. The Morgan fingerprint density at radius 2 is 1.64 bits per heavy atom. The molecule has 0 unspecified atom stereocenters. The van der Waals surface area contributed by atoms with E-state index in [0.29, 0.717) is 33.9 Å². The van der Waals surface area contributed by atoms with Crippen molar-refractivity contribution in [1.82, 2.24) is 30.1 Å². The summed E-state index contributed by atoms with van der Waals surface area (Å²) in [5.74, 6) is 1.64. The third-order valence-electron chi connectivity index (χ3n) is 8.10. The van der Waals surface area contributed by atoms with E-state index in [1.54, 1.807) is 24.4 Å². The summed E-state index contributed by atoms with van der Waals surface area (Å²) >= 11 is 1.06. The Labute approximate surface area is 272 Å². The van der Waals surface area contributed by atoms with Gasteiger partial charge in [-0.3, -0.25) is 4.98 Å². The number of benzene rings is 3. The molecule has 0 amide bonds. The molecular formula is C35H27N7O4S. The van der Waals surface area contributed by atoms with Crippen LogP contribution in [0.15, 0.2) is 121 Å². The highest BCUT2D eigenvalue weighted by molar-refractivity contribution is 7.98. The van der Waals surface area contributed by atoms with Crippen LogP contribution in [-0.4, -0.2) is 43.2 Å². The quantitative estimate of drug-likeness (QED) is 0.159. The average Bonchev–Trinajstić information content (AvgIpc) is 3.57. The van der Waals surface area contributed by atoms with Crippen molar-refractivity contribution in [2.75, 3.05) is 18.0 Å². The smallest absolute Gasteiger partial charge is 0.349 e. The number of fused-ring (bicyclic) bond motifs is 2. The van der Waals surface area contributed by atoms with E-state index < -0.39 is 5.63 Å². The second-order valence-corrected chi connectivity index (χ2v) is 12.1. The van der Waals surface area contributed by atoms with Gasteiger partial charge in [0.15, 0.2) is 5.75 Å². The van der Waals surface area contributed by atoms with Crippen LogP contribution in [0, 0.1) is 5.92 Å². The van der Waals surface area contributed by atoms with Crippen LogP contribution in [-0.2, 0) is 6.42 Å². The van der Waals surface area contributed by atoms with E-state index in [2.05, 4.69) is 49.3 Å². The number of hydrogen-bond donors (Lipinski definition) is 0. The largest absolute Gasteiger partial charge is 0.422 e. The summed E-state index contributed by atoms with van der Waals surface area (Å²) in [6, 6.07) is 29.2. The van der Waals surface area contributed by atoms with Gasteiger partial charge in [-0.2, -0.15) is 15.0 Å². The molecule has 0 aliphatic carbocycles. The van der Waals surface area contributed by atoms with E-state index in [0.717, 1.165) is 54.9 Å². The predicted molar refractivity (Wildman–Crippen MR) is 177 cm³/mol. The molecule has 1 saturated heterocycles. The fourth-order valence-electron chi connectivity index (χ4n) is 5.75. The number of anilines is 1. The van der Waals surface area contributed by atoms with Crippen LogP contribution in [0.5, 0.6) is 11.8 Å². The molecule has 11 nitrogen and oxygen atoms in total. The van der Waals surface area contributed by atoms with Crippen LogP contribution in [0.2, 0.25) is 0 Å². The fourth-order valence-corrected chi connectivity index (χ4v) is 6.36. The van der Waals surface area contributed by atoms with E-state index in [-0.39, 0.29) is 22.7 Å². The molecule has 7 aromatic rings. The molecule has 4 aromatic heterocycles. The molecule has 0 atom stereocenters. The molecule has 8 rings (SSSR count). The van der Waals surface area contributed by atoms with Gasteiger partial charge in [-0.05, 0) is 55.0 Å². The lowest BCUT2D eigenvalue weighted by atomic mass is 9.90. The van der Waals surface area contributed by atoms with Crippen molar-refractivity contribution >= 4 is 39.6 Å². The van der Waals surface area contributed by atoms with Gasteiger partial charge in [0.05, 0.1) is 0 Å². The highest BCUT2D eigenvalue weighted by Crippen LogP contribution is 2.33. The summed E-state index contributed by atoms with van der Waals surface area (Å²) in [7, 11) is 0. The number of para-hydroxylation sites is 2. The zero-order valence-corrected chi connectivity index (χ0v) is 25.8. The van der Waals surface area contributed by atoms with Crippen molar-refractivity contribution in [3.8, 4) is 23.2 Å². The molecule has 47 heavy (non-hydrogen) atoms. The van der Waals surface area contributed by atoms with Crippen LogP contribution in [0.3, 0.4) is 0 Å². The van der Waals surface area contributed by atoms with Gasteiger partial charge in [0.2, 0.25) is 11.1 Å². The van der Waals surface area contributed by atoms with Crippen molar-refractivity contribution in [3.05, 3.63) is 113 Å². The summed E-state index contributed by atoms with van der Waals surface area (Å²) in [5.41, 5.74) is 2.13. The Bertz CT molecular complexity index is 2250. The summed E-state index contributed by atoms with van der Waals surface area (Å²) < 4.78 is 17.6. The highest BCUT2D eigenvalue weighted by Gasteiger charge is 2.24. The Morgan fingerprint density at radius 1 is 0.830 bits per heavy atom. The first-order valence-corrected chi connectivity index (χ1v) is 16.1. The Balaban J connectivity index is 1.08. The number of ether oxygens (including phenoxy) is 1. The molecule has 0 saturated carbocycles. The summed E-state index contributed by atoms with van der Waals surface area (Å²) in [5, 5.41) is 10.4. The minimum absolute atomic E-state index is 0.0417. The highest BCUT2D eigenvalue weighted by atomic mass is 32.2. The van der Waals surface area contributed by atoms with Crippen LogP contribution in [0.25, 0.3) is 33.3 Å². The number of nitrogens with zero attached hydrogens (tertiary/aromatic N) is 7. The van der Waals surface area contributed by atoms with E-state index in [1.165, 1.54) is 5.56 Å². The Hall–Kier alpha value is -5.62. The Morgan fingerprint density at radius 3 is 2.53 bits per heavy atom. The number of aromatic nitrogens is 6. The lowest BCUT2D eigenvalue weighted by Crippen LogP contribution is -2.35. The summed E-state index contributed by atoms with van der Waals surface area (Å²) in [6.07, 6.45) is 4.78. The minimum atomic E-state index is -0.568. The molecule has 1 aliphatic rings. The first-order chi connectivity index (χ1) is 23.1. The van der Waals surface area contributed by atoms with Gasteiger partial charge in [-0.25, -0.2) is 4.79 Å². The zero-order chi connectivity index (χ0) is 31.6. The van der Waals surface area contributed by atoms with Gasteiger partial charge in [0.25, 0.3) is 11.1 Å². The van der Waals surface area contributed by atoms with E-state index in [4.69, 9.17) is 23.5 Å². The lowest BCUT2D eigenvalue weighted by molar-refractivity contribution is 0.394. The van der Waals surface area contributed by atoms with Gasteiger partial charge in [0, 0.05) is 41.8 Å². The first kappa shape index (κ1) is 28.8. The second kappa shape index (κ2) is 12.6. The van der Waals surface area contributed by atoms with Gasteiger partial charge in [0.1, 0.15) is 16.7 Å². The van der Waals surface area contributed by atoms with Crippen molar-refractivity contribution in [2.24, 2.45) is 5.92 Å². The van der Waals surface area contributed by atoms with E-state index >= 15 is 0 Å². The molecule has 1 aliphatic heterocycles. The SMILES string of the molecule is O=c1oc2ccccc2cc1-c1nnc(Sc2nc(Oc3cccc4cccnc34)nc(N3CCC(Cc4ccccc4)CC3)n2)o1. The third-order valence-corrected chi connectivity index (χ3v) is 8.81. The second-order valence-electron chi connectivity index (χ2n) is 11.2. The zero-order valence-electron chi connectivity index (χ0n) is 25.0. The van der Waals surface area contributed by atoms with Gasteiger partial charge < -0.3 is 18.5 Å². The summed E-state index contributed by atoms with van der Waals surface area (Å²) in [6.45, 7) is 1.59. The van der Waals surface area contributed by atoms with Crippen molar-refractivity contribution < 1.29 is 13.6 Å². The molecule has 232 valence electrons. The molecule has 3 aromatic carbocycles. The molecule has 0 radical (unpaired) electrons. The minimum Gasteiger partial charge on any atom is -0.422 e. The number of pyridine rings is 1. The maximum absolute atomic E-state index is 12.7. The van der Waals surface area contributed by atoms with E-state index in [1.807, 2.05) is 48.5 Å². The lowest BCUT2D eigenvalue weighted by Gasteiger charge is -2.32. The molecule has 1 fully saturated rings. The van der Waals surface area contributed by atoms with Gasteiger partial charge >= 0.3 is 11.6 Å². The monoisotopic (exact) mass is 641 g/mol.